The van der Waals surface area contributed by atoms with Gasteiger partial charge in [-0.15, -0.1) is 0 Å². The fourth-order valence-corrected chi connectivity index (χ4v) is 2.17. The van der Waals surface area contributed by atoms with Gasteiger partial charge in [0.15, 0.2) is 5.43 Å². The van der Waals surface area contributed by atoms with Gasteiger partial charge in [0.1, 0.15) is 0 Å². The molecule has 0 aliphatic heterocycles. The van der Waals surface area contributed by atoms with Crippen molar-refractivity contribution in [3.05, 3.63) is 68.6 Å². The van der Waals surface area contributed by atoms with E-state index in [-0.39, 0.29) is 11.0 Å². The van der Waals surface area contributed by atoms with Crippen molar-refractivity contribution >= 4 is 21.7 Å². The number of nitrogens with one attached hydrogen (secondary N) is 1. The minimum absolute atomic E-state index is 0.112. The molecule has 0 saturated heterocycles. The number of fused-ring (bicyclic) bond motifs is 2. The second kappa shape index (κ2) is 3.81. The number of aryl methyl sites for hydroxylation is 1. The van der Waals surface area contributed by atoms with Crippen LogP contribution in [0, 0.1) is 6.92 Å². The highest BCUT2D eigenvalue weighted by Crippen LogP contribution is 2.11. The molecule has 88 valence electrons. The Morgan fingerprint density at radius 3 is 2.50 bits per heavy atom. The largest absolute Gasteiger partial charge is 0.321 e. The van der Waals surface area contributed by atoms with Crippen LogP contribution in [-0.4, -0.2) is 4.98 Å². The maximum Gasteiger partial charge on any atom is 0.256 e. The lowest BCUT2D eigenvalue weighted by atomic mass is 10.1. The normalized spacial score (nSPS) is 10.9. The molecule has 3 nitrogen and oxygen atoms in total. The van der Waals surface area contributed by atoms with E-state index in [1.54, 1.807) is 36.4 Å². The number of para-hydroxylation sites is 1. The van der Waals surface area contributed by atoms with E-state index in [2.05, 4.69) is 4.98 Å². The molecule has 0 amide bonds. The summed E-state index contributed by atoms with van der Waals surface area (Å²) in [5.41, 5.74) is 1.19. The zero-order valence-corrected chi connectivity index (χ0v) is 9.86. The van der Waals surface area contributed by atoms with Gasteiger partial charge in [-0.3, -0.25) is 9.59 Å². The molecule has 0 aliphatic rings. The first-order chi connectivity index (χ1) is 8.66. The summed E-state index contributed by atoms with van der Waals surface area (Å²) >= 11 is 0. The van der Waals surface area contributed by atoms with Crippen LogP contribution in [0.15, 0.2) is 52.1 Å². The first-order valence-corrected chi connectivity index (χ1v) is 5.72. The van der Waals surface area contributed by atoms with Gasteiger partial charge >= 0.3 is 0 Å². The number of hydrogen-bond donors (Lipinski definition) is 1. The van der Waals surface area contributed by atoms with Crippen molar-refractivity contribution in [2.24, 2.45) is 0 Å². The number of benzene rings is 2. The topological polar surface area (TPSA) is 49.9 Å². The van der Waals surface area contributed by atoms with Crippen LogP contribution in [0.3, 0.4) is 0 Å². The second-order valence-corrected chi connectivity index (χ2v) is 4.38. The molecule has 0 spiro atoms. The number of hydrogen-bond acceptors (Lipinski definition) is 2. The third kappa shape index (κ3) is 1.52. The van der Waals surface area contributed by atoms with Crippen molar-refractivity contribution < 1.29 is 0 Å². The summed E-state index contributed by atoms with van der Waals surface area (Å²) in [5, 5.41) is 1.44. The highest BCUT2D eigenvalue weighted by atomic mass is 16.1. The van der Waals surface area contributed by atoms with Crippen LogP contribution in [0.4, 0.5) is 0 Å². The van der Waals surface area contributed by atoms with Crippen molar-refractivity contribution in [1.82, 2.24) is 4.98 Å². The molecule has 0 saturated carbocycles. The van der Waals surface area contributed by atoms with Crippen molar-refractivity contribution in [2.75, 3.05) is 0 Å². The highest BCUT2D eigenvalue weighted by Gasteiger charge is 2.05. The molecule has 18 heavy (non-hydrogen) atoms. The van der Waals surface area contributed by atoms with Crippen LogP contribution in [0.5, 0.6) is 0 Å². The number of rotatable bonds is 0. The minimum Gasteiger partial charge on any atom is -0.321 e. The van der Waals surface area contributed by atoms with E-state index in [1.807, 2.05) is 13.0 Å². The Balaban J connectivity index is 2.74. The van der Waals surface area contributed by atoms with E-state index < -0.39 is 0 Å². The lowest BCUT2D eigenvalue weighted by Gasteiger charge is -1.92. The molecule has 0 atom stereocenters. The van der Waals surface area contributed by atoms with E-state index in [1.165, 1.54) is 0 Å². The van der Waals surface area contributed by atoms with Crippen molar-refractivity contribution in [2.45, 2.75) is 6.92 Å². The summed E-state index contributed by atoms with van der Waals surface area (Å²) in [6.45, 7) is 1.90. The lowest BCUT2D eigenvalue weighted by Crippen LogP contribution is -2.03. The van der Waals surface area contributed by atoms with Gasteiger partial charge in [-0.05, 0) is 31.2 Å². The van der Waals surface area contributed by atoms with E-state index in [0.717, 1.165) is 5.56 Å². The summed E-state index contributed by atoms with van der Waals surface area (Å²) in [6.07, 6.45) is 0. The third-order valence-electron chi connectivity index (χ3n) is 3.08. The van der Waals surface area contributed by atoms with Gasteiger partial charge < -0.3 is 4.98 Å². The zero-order valence-electron chi connectivity index (χ0n) is 9.86. The summed E-state index contributed by atoms with van der Waals surface area (Å²) in [6, 6.07) is 12.4. The summed E-state index contributed by atoms with van der Waals surface area (Å²) < 4.78 is 0. The first kappa shape index (κ1) is 10.7. The molecular formula is C15H11NO2. The van der Waals surface area contributed by atoms with Gasteiger partial charge in [-0.25, -0.2) is 0 Å². The van der Waals surface area contributed by atoms with Crippen LogP contribution in [0.25, 0.3) is 21.7 Å². The van der Waals surface area contributed by atoms with Crippen molar-refractivity contribution in [3.63, 3.8) is 0 Å². The first-order valence-electron chi connectivity index (χ1n) is 5.72. The van der Waals surface area contributed by atoms with Gasteiger partial charge in [0.05, 0.1) is 10.9 Å². The zero-order chi connectivity index (χ0) is 12.7. The standard InChI is InChI=1S/C15H11NO2/c1-9-6-7-10-12(8-9)15(18)16-13-5-3-2-4-11(13)14(10)17/h2-8H,1H3,(H,16,18). The van der Waals surface area contributed by atoms with E-state index >= 15 is 0 Å². The molecular weight excluding hydrogens is 226 g/mol. The maximum absolute atomic E-state index is 12.4. The average molecular weight is 237 g/mol. The predicted molar refractivity (Wildman–Crippen MR) is 73.1 cm³/mol. The van der Waals surface area contributed by atoms with E-state index in [4.69, 9.17) is 0 Å². The number of aromatic nitrogens is 1. The van der Waals surface area contributed by atoms with Crippen molar-refractivity contribution in [1.29, 1.82) is 0 Å². The monoisotopic (exact) mass is 237 g/mol. The molecule has 1 aromatic heterocycles. The molecule has 2 aromatic carbocycles. The van der Waals surface area contributed by atoms with Gasteiger partial charge in [0, 0.05) is 10.8 Å². The van der Waals surface area contributed by atoms with Gasteiger partial charge in [-0.1, -0.05) is 23.8 Å². The van der Waals surface area contributed by atoms with Crippen LogP contribution >= 0.6 is 0 Å². The molecule has 0 bridgehead atoms. The van der Waals surface area contributed by atoms with Crippen LogP contribution in [-0.2, 0) is 0 Å². The fourth-order valence-electron chi connectivity index (χ4n) is 2.17. The van der Waals surface area contributed by atoms with Gasteiger partial charge in [-0.2, -0.15) is 0 Å². The predicted octanol–water partition coefficient (Wildman–Crippen LogP) is 2.35. The van der Waals surface area contributed by atoms with E-state index in [0.29, 0.717) is 21.7 Å². The van der Waals surface area contributed by atoms with Crippen LogP contribution in [0.1, 0.15) is 5.56 Å². The molecule has 0 fully saturated rings. The fraction of sp³-hybridized carbons (Fsp3) is 0.0667. The maximum atomic E-state index is 12.4. The summed E-state index contributed by atoms with van der Waals surface area (Å²) in [5.74, 6) is 0. The Morgan fingerprint density at radius 2 is 1.67 bits per heavy atom. The minimum atomic E-state index is -0.230. The second-order valence-electron chi connectivity index (χ2n) is 4.38. The Hall–Kier alpha value is -2.42. The number of aromatic amines is 1. The third-order valence-corrected chi connectivity index (χ3v) is 3.08. The highest BCUT2D eigenvalue weighted by molar-refractivity contribution is 5.90. The Kier molecular flexibility index (Phi) is 2.27. The smallest absolute Gasteiger partial charge is 0.256 e. The quantitative estimate of drug-likeness (QED) is 0.652. The Bertz CT molecular complexity index is 878. The molecule has 3 rings (SSSR count). The Morgan fingerprint density at radius 1 is 0.889 bits per heavy atom. The molecule has 0 radical (unpaired) electrons. The molecule has 0 aliphatic carbocycles. The molecule has 3 heteroatoms. The van der Waals surface area contributed by atoms with Gasteiger partial charge in [0.2, 0.25) is 0 Å². The van der Waals surface area contributed by atoms with Crippen LogP contribution < -0.4 is 11.0 Å². The lowest BCUT2D eigenvalue weighted by molar-refractivity contribution is 1.35. The van der Waals surface area contributed by atoms with Gasteiger partial charge in [0.25, 0.3) is 5.56 Å². The molecule has 1 heterocycles. The molecule has 0 unspecified atom stereocenters. The van der Waals surface area contributed by atoms with E-state index in [9.17, 15) is 9.59 Å². The molecule has 3 aromatic rings. The summed E-state index contributed by atoms with van der Waals surface area (Å²) in [7, 11) is 0. The number of H-pyrrole nitrogens is 1. The van der Waals surface area contributed by atoms with Crippen molar-refractivity contribution in [3.8, 4) is 0 Å². The Labute approximate surface area is 103 Å². The molecule has 1 N–H and O–H groups in total. The SMILES string of the molecule is Cc1ccc2c(=O)c3ccccc3[nH]c(=O)c2c1. The van der Waals surface area contributed by atoms with Crippen LogP contribution in [0.2, 0.25) is 0 Å². The average Bonchev–Trinajstić information content (AvgIpc) is 2.47. The summed E-state index contributed by atoms with van der Waals surface area (Å²) in [4.78, 5) is 27.3.